The molecule has 0 aliphatic carbocycles. The van der Waals surface area contributed by atoms with E-state index in [1.54, 1.807) is 12.1 Å². The van der Waals surface area contributed by atoms with Crippen LogP contribution in [0.15, 0.2) is 30.7 Å². The van der Waals surface area contributed by atoms with Crippen molar-refractivity contribution in [2.24, 2.45) is 5.73 Å². The van der Waals surface area contributed by atoms with Crippen molar-refractivity contribution in [3.63, 3.8) is 0 Å². The quantitative estimate of drug-likeness (QED) is 0.697. The summed E-state index contributed by atoms with van der Waals surface area (Å²) in [7, 11) is 1.51. The summed E-state index contributed by atoms with van der Waals surface area (Å²) in [5.41, 5.74) is 6.31. The third-order valence-electron chi connectivity index (χ3n) is 4.04. The van der Waals surface area contributed by atoms with Gasteiger partial charge >= 0.3 is 0 Å². The van der Waals surface area contributed by atoms with Gasteiger partial charge in [-0.05, 0) is 37.5 Å². The van der Waals surface area contributed by atoms with Crippen molar-refractivity contribution < 1.29 is 19.1 Å². The molecule has 0 aliphatic rings. The standard InChI is InChI=1S/C19H24N4O4/c1-4-12(2)23-17(24)8-6-13-5-7-15(16(9-13)26-3)27-19-14(18(20)25)10-21-11-22-19/h5,7,9-12H,4,6,8H2,1-3H3,(H2,20,25)(H,23,24)/t12-/m1/s1. The Kier molecular flexibility index (Phi) is 7.10. The third-order valence-corrected chi connectivity index (χ3v) is 4.04. The lowest BCUT2D eigenvalue weighted by Gasteiger charge is -2.13. The molecule has 1 aromatic heterocycles. The second kappa shape index (κ2) is 9.51. The van der Waals surface area contributed by atoms with Crippen LogP contribution in [-0.4, -0.2) is 34.9 Å². The van der Waals surface area contributed by atoms with Crippen molar-refractivity contribution in [3.8, 4) is 17.4 Å². The van der Waals surface area contributed by atoms with Gasteiger partial charge in [0.2, 0.25) is 11.8 Å². The molecule has 27 heavy (non-hydrogen) atoms. The first kappa shape index (κ1) is 20.2. The molecule has 0 spiro atoms. The van der Waals surface area contributed by atoms with Gasteiger partial charge in [0.1, 0.15) is 11.9 Å². The van der Waals surface area contributed by atoms with E-state index in [9.17, 15) is 9.59 Å². The molecule has 1 heterocycles. The minimum absolute atomic E-state index is 0.00993. The summed E-state index contributed by atoms with van der Waals surface area (Å²) in [5.74, 6) is 0.219. The normalized spacial score (nSPS) is 11.5. The number of aryl methyl sites for hydroxylation is 1. The number of hydrogen-bond acceptors (Lipinski definition) is 6. The molecule has 2 rings (SSSR count). The number of carbonyl (C=O) groups excluding carboxylic acids is 2. The molecule has 0 saturated heterocycles. The van der Waals surface area contributed by atoms with E-state index in [0.29, 0.717) is 24.3 Å². The summed E-state index contributed by atoms with van der Waals surface area (Å²) in [6, 6.07) is 5.49. The first-order valence-corrected chi connectivity index (χ1v) is 8.68. The van der Waals surface area contributed by atoms with E-state index in [2.05, 4.69) is 15.3 Å². The lowest BCUT2D eigenvalue weighted by atomic mass is 10.1. The fourth-order valence-electron chi connectivity index (χ4n) is 2.33. The zero-order valence-corrected chi connectivity index (χ0v) is 15.7. The van der Waals surface area contributed by atoms with Gasteiger partial charge in [0.15, 0.2) is 11.5 Å². The number of methoxy groups -OCH3 is 1. The van der Waals surface area contributed by atoms with E-state index in [0.717, 1.165) is 12.0 Å². The number of hydrogen-bond donors (Lipinski definition) is 2. The molecule has 8 nitrogen and oxygen atoms in total. The number of nitrogens with two attached hydrogens (primary N) is 1. The number of primary amides is 1. The van der Waals surface area contributed by atoms with Crippen molar-refractivity contribution in [3.05, 3.63) is 41.9 Å². The molecular weight excluding hydrogens is 348 g/mol. The average Bonchev–Trinajstić information content (AvgIpc) is 2.67. The van der Waals surface area contributed by atoms with Crippen molar-refractivity contribution >= 4 is 11.8 Å². The SMILES string of the molecule is CC[C@@H](C)NC(=O)CCc1ccc(Oc2ncncc2C(N)=O)c(OC)c1. The molecule has 1 aromatic carbocycles. The lowest BCUT2D eigenvalue weighted by Crippen LogP contribution is -2.31. The lowest BCUT2D eigenvalue weighted by molar-refractivity contribution is -0.121. The molecule has 3 N–H and O–H groups in total. The summed E-state index contributed by atoms with van der Waals surface area (Å²) in [4.78, 5) is 31.1. The number of aromatic nitrogens is 2. The second-order valence-corrected chi connectivity index (χ2v) is 6.07. The van der Waals surface area contributed by atoms with Gasteiger partial charge in [-0.2, -0.15) is 0 Å². The molecule has 1 atom stereocenters. The monoisotopic (exact) mass is 372 g/mol. The highest BCUT2D eigenvalue weighted by Crippen LogP contribution is 2.32. The number of ether oxygens (including phenoxy) is 2. The summed E-state index contributed by atoms with van der Waals surface area (Å²) >= 11 is 0. The fourth-order valence-corrected chi connectivity index (χ4v) is 2.33. The van der Waals surface area contributed by atoms with Crippen LogP contribution in [0.4, 0.5) is 0 Å². The van der Waals surface area contributed by atoms with Crippen molar-refractivity contribution in [2.75, 3.05) is 7.11 Å². The van der Waals surface area contributed by atoms with E-state index in [1.807, 2.05) is 19.9 Å². The average molecular weight is 372 g/mol. The topological polar surface area (TPSA) is 116 Å². The fraction of sp³-hybridized carbons (Fsp3) is 0.368. The van der Waals surface area contributed by atoms with Gasteiger partial charge in [0.25, 0.3) is 5.91 Å². The molecule has 2 amide bonds. The van der Waals surface area contributed by atoms with Crippen LogP contribution in [0, 0.1) is 0 Å². The summed E-state index contributed by atoms with van der Waals surface area (Å²) in [5, 5.41) is 2.94. The van der Waals surface area contributed by atoms with Crippen molar-refractivity contribution in [1.82, 2.24) is 15.3 Å². The second-order valence-electron chi connectivity index (χ2n) is 6.07. The van der Waals surface area contributed by atoms with E-state index >= 15 is 0 Å². The van der Waals surface area contributed by atoms with Crippen molar-refractivity contribution in [2.45, 2.75) is 39.2 Å². The van der Waals surface area contributed by atoms with Gasteiger partial charge in [-0.3, -0.25) is 9.59 Å². The van der Waals surface area contributed by atoms with E-state index < -0.39 is 5.91 Å². The minimum Gasteiger partial charge on any atom is -0.493 e. The number of nitrogens with one attached hydrogen (secondary N) is 1. The Bertz CT molecular complexity index is 810. The van der Waals surface area contributed by atoms with Crippen LogP contribution < -0.4 is 20.5 Å². The van der Waals surface area contributed by atoms with Gasteiger partial charge in [-0.25, -0.2) is 9.97 Å². The smallest absolute Gasteiger partial charge is 0.255 e. The van der Waals surface area contributed by atoms with E-state index in [1.165, 1.54) is 19.6 Å². The predicted molar refractivity (Wildman–Crippen MR) is 99.8 cm³/mol. The Hall–Kier alpha value is -3.16. The molecular formula is C19H24N4O4. The summed E-state index contributed by atoms with van der Waals surface area (Å²) in [6.07, 6.45) is 4.40. The highest BCUT2D eigenvalue weighted by Gasteiger charge is 2.15. The minimum atomic E-state index is -0.687. The maximum atomic E-state index is 11.9. The molecule has 0 saturated carbocycles. The Morgan fingerprint density at radius 2 is 2.07 bits per heavy atom. The van der Waals surface area contributed by atoms with Crippen LogP contribution in [0.1, 0.15) is 42.6 Å². The highest BCUT2D eigenvalue weighted by molar-refractivity contribution is 5.94. The molecule has 144 valence electrons. The Balaban J connectivity index is 2.10. The number of rotatable bonds is 9. The van der Waals surface area contributed by atoms with Gasteiger partial charge in [-0.15, -0.1) is 0 Å². The predicted octanol–water partition coefficient (Wildman–Crippen LogP) is 2.22. The van der Waals surface area contributed by atoms with Crippen LogP contribution in [0.2, 0.25) is 0 Å². The van der Waals surface area contributed by atoms with Crippen LogP contribution in [0.25, 0.3) is 0 Å². The molecule has 0 fully saturated rings. The largest absolute Gasteiger partial charge is 0.493 e. The van der Waals surface area contributed by atoms with Crippen LogP contribution in [-0.2, 0) is 11.2 Å². The molecule has 0 aliphatic heterocycles. The number of benzene rings is 1. The molecule has 0 bridgehead atoms. The first-order chi connectivity index (χ1) is 12.9. The van der Waals surface area contributed by atoms with Crippen LogP contribution in [0.5, 0.6) is 17.4 Å². The van der Waals surface area contributed by atoms with Gasteiger partial charge in [-0.1, -0.05) is 13.0 Å². The maximum Gasteiger partial charge on any atom is 0.255 e. The molecule has 0 unspecified atom stereocenters. The summed E-state index contributed by atoms with van der Waals surface area (Å²) < 4.78 is 11.0. The maximum absolute atomic E-state index is 11.9. The highest BCUT2D eigenvalue weighted by atomic mass is 16.5. The van der Waals surface area contributed by atoms with Crippen molar-refractivity contribution in [1.29, 1.82) is 0 Å². The zero-order valence-electron chi connectivity index (χ0n) is 15.7. The van der Waals surface area contributed by atoms with E-state index in [-0.39, 0.29) is 23.4 Å². The molecule has 0 radical (unpaired) electrons. The Morgan fingerprint density at radius 3 is 2.74 bits per heavy atom. The first-order valence-electron chi connectivity index (χ1n) is 8.68. The van der Waals surface area contributed by atoms with Gasteiger partial charge < -0.3 is 20.5 Å². The van der Waals surface area contributed by atoms with E-state index in [4.69, 9.17) is 15.2 Å². The zero-order chi connectivity index (χ0) is 19.8. The summed E-state index contributed by atoms with van der Waals surface area (Å²) in [6.45, 7) is 4.00. The van der Waals surface area contributed by atoms with Crippen LogP contribution >= 0.6 is 0 Å². The Morgan fingerprint density at radius 1 is 1.30 bits per heavy atom. The third kappa shape index (κ3) is 5.67. The number of amides is 2. The number of carbonyl (C=O) groups is 2. The van der Waals surface area contributed by atoms with Gasteiger partial charge in [0.05, 0.1) is 7.11 Å². The van der Waals surface area contributed by atoms with Gasteiger partial charge in [0, 0.05) is 18.7 Å². The molecule has 8 heteroatoms. The molecule has 2 aromatic rings. The number of nitrogens with zero attached hydrogens (tertiary/aromatic N) is 2. The van der Waals surface area contributed by atoms with Crippen LogP contribution in [0.3, 0.4) is 0 Å². The Labute approximate surface area is 158 Å².